The van der Waals surface area contributed by atoms with Gasteiger partial charge < -0.3 is 5.11 Å². The largest absolute Gasteiger partial charge is 0.416 e. The lowest BCUT2D eigenvalue weighted by molar-refractivity contribution is -0.139. The molecule has 0 aliphatic rings. The van der Waals surface area contributed by atoms with Crippen LogP contribution in [-0.2, 0) is 6.18 Å². The van der Waals surface area contributed by atoms with Crippen LogP contribution >= 0.6 is 15.9 Å². The van der Waals surface area contributed by atoms with E-state index >= 15 is 0 Å². The van der Waals surface area contributed by atoms with Gasteiger partial charge in [-0.25, -0.2) is 8.78 Å². The number of halogens is 6. The lowest BCUT2D eigenvalue weighted by atomic mass is 9.96. The molecule has 0 saturated heterocycles. The minimum atomic E-state index is -4.74. The predicted molar refractivity (Wildman–Crippen MR) is 69.6 cm³/mol. The minimum Gasteiger partial charge on any atom is -0.383 e. The van der Waals surface area contributed by atoms with Gasteiger partial charge in [0.1, 0.15) is 17.7 Å². The Morgan fingerprint density at radius 1 is 1.00 bits per heavy atom. The van der Waals surface area contributed by atoms with Crippen LogP contribution < -0.4 is 0 Å². The molecule has 1 atom stereocenters. The second-order valence-corrected chi connectivity index (χ2v) is 5.10. The fourth-order valence-electron chi connectivity index (χ4n) is 1.94. The van der Waals surface area contributed by atoms with Crippen LogP contribution in [0, 0.1) is 11.6 Å². The highest BCUT2D eigenvalue weighted by Gasteiger charge is 2.36. The number of alkyl halides is 3. The van der Waals surface area contributed by atoms with E-state index in [0.29, 0.717) is 0 Å². The summed E-state index contributed by atoms with van der Waals surface area (Å²) in [5, 5.41) is 10.0. The Labute approximate surface area is 125 Å². The molecular formula is C14H8BrF5O. The average Bonchev–Trinajstić information content (AvgIpc) is 2.42. The zero-order valence-corrected chi connectivity index (χ0v) is 11.8. The highest BCUT2D eigenvalue weighted by atomic mass is 79.9. The molecule has 0 aliphatic heterocycles. The third-order valence-corrected chi connectivity index (χ3v) is 3.53. The molecule has 21 heavy (non-hydrogen) atoms. The zero-order chi connectivity index (χ0) is 15.8. The Kier molecular flexibility index (Phi) is 4.34. The van der Waals surface area contributed by atoms with Crippen molar-refractivity contribution in [3.05, 3.63) is 69.2 Å². The Morgan fingerprint density at radius 2 is 1.62 bits per heavy atom. The molecule has 1 nitrogen and oxygen atoms in total. The van der Waals surface area contributed by atoms with E-state index in [0.717, 1.165) is 30.3 Å². The summed E-state index contributed by atoms with van der Waals surface area (Å²) in [4.78, 5) is 0. The maximum Gasteiger partial charge on any atom is 0.416 e. The van der Waals surface area contributed by atoms with Gasteiger partial charge in [0.15, 0.2) is 0 Å². The number of aliphatic hydroxyl groups excluding tert-OH is 1. The number of hydrogen-bond donors (Lipinski definition) is 1. The molecule has 2 aromatic carbocycles. The van der Waals surface area contributed by atoms with E-state index in [1.165, 1.54) is 6.07 Å². The van der Waals surface area contributed by atoms with Crippen molar-refractivity contribution in [2.24, 2.45) is 0 Å². The molecule has 2 aromatic rings. The van der Waals surface area contributed by atoms with E-state index < -0.39 is 40.6 Å². The third kappa shape index (κ3) is 3.08. The molecule has 0 saturated carbocycles. The number of benzene rings is 2. The van der Waals surface area contributed by atoms with Crippen LogP contribution in [0.3, 0.4) is 0 Å². The van der Waals surface area contributed by atoms with Crippen molar-refractivity contribution in [1.82, 2.24) is 0 Å². The van der Waals surface area contributed by atoms with Crippen LogP contribution in [0.2, 0.25) is 0 Å². The van der Waals surface area contributed by atoms with Crippen molar-refractivity contribution in [2.75, 3.05) is 0 Å². The Hall–Kier alpha value is -1.47. The van der Waals surface area contributed by atoms with E-state index in [1.807, 2.05) is 0 Å². The first-order chi connectivity index (χ1) is 9.73. The lowest BCUT2D eigenvalue weighted by Gasteiger charge is -2.19. The van der Waals surface area contributed by atoms with Crippen molar-refractivity contribution >= 4 is 15.9 Å². The molecule has 0 spiro atoms. The van der Waals surface area contributed by atoms with Gasteiger partial charge in [-0.3, -0.25) is 0 Å². The van der Waals surface area contributed by atoms with Gasteiger partial charge in [-0.2, -0.15) is 13.2 Å². The van der Waals surface area contributed by atoms with Gasteiger partial charge in [0.2, 0.25) is 0 Å². The second-order valence-electron chi connectivity index (χ2n) is 4.24. The molecule has 0 radical (unpaired) electrons. The van der Waals surface area contributed by atoms with Crippen LogP contribution in [0.5, 0.6) is 0 Å². The van der Waals surface area contributed by atoms with Gasteiger partial charge in [0, 0.05) is 0 Å². The van der Waals surface area contributed by atoms with Crippen LogP contribution in [-0.4, -0.2) is 5.11 Å². The molecule has 112 valence electrons. The fourth-order valence-corrected chi connectivity index (χ4v) is 2.29. The molecule has 0 fully saturated rings. The summed E-state index contributed by atoms with van der Waals surface area (Å²) in [5.74, 6) is -2.26. The standard InChI is InChI=1S/C14H8BrF5O/c15-9-5-6-10(16)11(12(9)17)13(21)7-3-1-2-4-8(7)14(18,19)20/h1-6,13,21H. The summed E-state index contributed by atoms with van der Waals surface area (Å²) >= 11 is 2.80. The molecular weight excluding hydrogens is 359 g/mol. The molecule has 0 bridgehead atoms. The molecule has 2 rings (SSSR count). The van der Waals surface area contributed by atoms with Crippen molar-refractivity contribution < 1.29 is 27.1 Å². The Morgan fingerprint density at radius 3 is 2.24 bits per heavy atom. The maximum absolute atomic E-state index is 13.9. The van der Waals surface area contributed by atoms with Crippen molar-refractivity contribution in [3.63, 3.8) is 0 Å². The van der Waals surface area contributed by atoms with Gasteiger partial charge >= 0.3 is 6.18 Å². The SMILES string of the molecule is OC(c1ccccc1C(F)(F)F)c1c(F)ccc(Br)c1F. The van der Waals surface area contributed by atoms with Gasteiger partial charge in [0.05, 0.1) is 15.6 Å². The molecule has 0 aliphatic carbocycles. The van der Waals surface area contributed by atoms with E-state index in [9.17, 15) is 27.1 Å². The molecule has 7 heteroatoms. The van der Waals surface area contributed by atoms with E-state index in [-0.39, 0.29) is 4.47 Å². The monoisotopic (exact) mass is 366 g/mol. The van der Waals surface area contributed by atoms with Gasteiger partial charge in [-0.1, -0.05) is 18.2 Å². The highest BCUT2D eigenvalue weighted by Crippen LogP contribution is 2.38. The topological polar surface area (TPSA) is 20.2 Å². The van der Waals surface area contributed by atoms with Gasteiger partial charge in [0.25, 0.3) is 0 Å². The number of rotatable bonds is 2. The van der Waals surface area contributed by atoms with Gasteiger partial charge in [-0.15, -0.1) is 0 Å². The first-order valence-corrected chi connectivity index (χ1v) is 6.50. The number of hydrogen-bond acceptors (Lipinski definition) is 1. The first kappa shape index (κ1) is 15.9. The van der Waals surface area contributed by atoms with Crippen molar-refractivity contribution in [1.29, 1.82) is 0 Å². The third-order valence-electron chi connectivity index (χ3n) is 2.91. The van der Waals surface area contributed by atoms with E-state index in [2.05, 4.69) is 15.9 Å². The minimum absolute atomic E-state index is 0.151. The van der Waals surface area contributed by atoms with Crippen LogP contribution in [0.15, 0.2) is 40.9 Å². The fraction of sp³-hybridized carbons (Fsp3) is 0.143. The summed E-state index contributed by atoms with van der Waals surface area (Å²) in [5.41, 5.74) is -2.58. The Balaban J connectivity index is 2.62. The van der Waals surface area contributed by atoms with Gasteiger partial charge in [-0.05, 0) is 39.7 Å². The Bertz CT molecular complexity index is 669. The lowest BCUT2D eigenvalue weighted by Crippen LogP contribution is -2.14. The molecule has 0 amide bonds. The first-order valence-electron chi connectivity index (χ1n) is 5.71. The summed E-state index contributed by atoms with van der Waals surface area (Å²) in [6.07, 6.45) is -6.81. The van der Waals surface area contributed by atoms with Crippen LogP contribution in [0.4, 0.5) is 22.0 Å². The van der Waals surface area contributed by atoms with Crippen LogP contribution in [0.1, 0.15) is 22.8 Å². The van der Waals surface area contributed by atoms with E-state index in [4.69, 9.17) is 0 Å². The average molecular weight is 367 g/mol. The number of aliphatic hydroxyl groups is 1. The molecule has 1 N–H and O–H groups in total. The quantitative estimate of drug-likeness (QED) is 0.596. The smallest absolute Gasteiger partial charge is 0.383 e. The highest BCUT2D eigenvalue weighted by molar-refractivity contribution is 9.10. The molecule has 0 heterocycles. The maximum atomic E-state index is 13.9. The summed E-state index contributed by atoms with van der Waals surface area (Å²) in [7, 11) is 0. The van der Waals surface area contributed by atoms with E-state index in [1.54, 1.807) is 0 Å². The summed E-state index contributed by atoms with van der Waals surface area (Å²) < 4.78 is 66.1. The molecule has 1 unspecified atom stereocenters. The van der Waals surface area contributed by atoms with Crippen molar-refractivity contribution in [3.8, 4) is 0 Å². The summed E-state index contributed by atoms with van der Waals surface area (Å²) in [6.45, 7) is 0. The van der Waals surface area contributed by atoms with Crippen molar-refractivity contribution in [2.45, 2.75) is 12.3 Å². The summed E-state index contributed by atoms with van der Waals surface area (Å²) in [6, 6.07) is 6.03. The second kappa shape index (κ2) is 5.73. The predicted octanol–water partition coefficient (Wildman–Crippen LogP) is 4.83. The normalized spacial score (nSPS) is 13.3. The van der Waals surface area contributed by atoms with Crippen LogP contribution in [0.25, 0.3) is 0 Å². The zero-order valence-electron chi connectivity index (χ0n) is 10.3. The molecule has 0 aromatic heterocycles.